The molecule has 1 aromatic rings. The molecule has 4 nitrogen and oxygen atoms in total. The van der Waals surface area contributed by atoms with Gasteiger partial charge in [-0.25, -0.2) is 4.79 Å². The van der Waals surface area contributed by atoms with Gasteiger partial charge in [0.2, 0.25) is 0 Å². The van der Waals surface area contributed by atoms with Gasteiger partial charge < -0.3 is 9.67 Å². The third-order valence-electron chi connectivity index (χ3n) is 3.40. The van der Waals surface area contributed by atoms with Crippen LogP contribution in [0.3, 0.4) is 0 Å². The number of pyridine rings is 1. The summed E-state index contributed by atoms with van der Waals surface area (Å²) in [6, 6.07) is 1.34. The Morgan fingerprint density at radius 3 is 2.71 bits per heavy atom. The van der Waals surface area contributed by atoms with Gasteiger partial charge in [-0.05, 0) is 18.8 Å². The number of hydrogen-bond donors (Lipinski definition) is 1. The highest BCUT2D eigenvalue weighted by Gasteiger charge is 2.15. The number of aromatic nitrogens is 1. The Kier molecular flexibility index (Phi) is 3.61. The van der Waals surface area contributed by atoms with Gasteiger partial charge in [-0.1, -0.05) is 19.3 Å². The van der Waals surface area contributed by atoms with E-state index in [0.29, 0.717) is 5.92 Å². The van der Waals surface area contributed by atoms with Crippen molar-refractivity contribution >= 4 is 5.97 Å². The van der Waals surface area contributed by atoms with Gasteiger partial charge in [-0.2, -0.15) is 0 Å². The van der Waals surface area contributed by atoms with Crippen molar-refractivity contribution in [1.82, 2.24) is 4.57 Å². The molecule has 0 spiro atoms. The fourth-order valence-electron chi connectivity index (χ4n) is 2.47. The van der Waals surface area contributed by atoms with Gasteiger partial charge in [-0.3, -0.25) is 4.79 Å². The van der Waals surface area contributed by atoms with Gasteiger partial charge >= 0.3 is 5.97 Å². The zero-order valence-electron chi connectivity index (χ0n) is 9.76. The average molecular weight is 235 g/mol. The lowest BCUT2D eigenvalue weighted by atomic mass is 9.89. The Labute approximate surface area is 99.9 Å². The first kappa shape index (κ1) is 11.9. The Balaban J connectivity index is 2.13. The summed E-state index contributed by atoms with van der Waals surface area (Å²) in [6.45, 7) is 0.820. The lowest BCUT2D eigenvalue weighted by Gasteiger charge is -2.22. The van der Waals surface area contributed by atoms with Gasteiger partial charge in [0.15, 0.2) is 5.43 Å². The zero-order valence-corrected chi connectivity index (χ0v) is 9.76. The summed E-state index contributed by atoms with van der Waals surface area (Å²) in [5, 5.41) is 8.88. The van der Waals surface area contributed by atoms with Gasteiger partial charge in [0, 0.05) is 25.0 Å². The topological polar surface area (TPSA) is 59.3 Å². The quantitative estimate of drug-likeness (QED) is 0.873. The second-order valence-corrected chi connectivity index (χ2v) is 4.73. The first-order chi connectivity index (χ1) is 8.16. The molecule has 17 heavy (non-hydrogen) atoms. The molecule has 1 aliphatic rings. The van der Waals surface area contributed by atoms with E-state index in [1.165, 1.54) is 44.4 Å². The normalized spacial score (nSPS) is 16.9. The number of carbonyl (C=O) groups is 1. The summed E-state index contributed by atoms with van der Waals surface area (Å²) in [6.07, 6.45) is 9.38. The molecule has 1 aromatic heterocycles. The highest BCUT2D eigenvalue weighted by molar-refractivity contribution is 5.86. The minimum atomic E-state index is -1.15. The predicted octanol–water partition coefficient (Wildman–Crippen LogP) is 2.13. The second-order valence-electron chi connectivity index (χ2n) is 4.73. The lowest BCUT2D eigenvalue weighted by molar-refractivity contribution is 0.0694. The molecule has 4 heteroatoms. The summed E-state index contributed by atoms with van der Waals surface area (Å²) in [7, 11) is 0. The summed E-state index contributed by atoms with van der Waals surface area (Å²) in [5.41, 5.74) is -0.555. The monoisotopic (exact) mass is 235 g/mol. The smallest absolute Gasteiger partial charge is 0.341 e. The van der Waals surface area contributed by atoms with Crippen molar-refractivity contribution in [2.24, 2.45) is 5.92 Å². The third-order valence-corrected chi connectivity index (χ3v) is 3.40. The Hall–Kier alpha value is -1.58. The van der Waals surface area contributed by atoms with Crippen LogP contribution in [0.15, 0.2) is 23.3 Å². The molecule has 0 radical (unpaired) electrons. The van der Waals surface area contributed by atoms with Crippen molar-refractivity contribution in [2.45, 2.75) is 38.6 Å². The summed E-state index contributed by atoms with van der Waals surface area (Å²) < 4.78 is 1.83. The number of carboxylic acids is 1. The fraction of sp³-hybridized carbons (Fsp3) is 0.538. The molecule has 0 amide bonds. The number of nitrogens with zero attached hydrogens (tertiary/aromatic N) is 1. The molecule has 1 fully saturated rings. The molecular formula is C13H17NO3. The van der Waals surface area contributed by atoms with Crippen LogP contribution >= 0.6 is 0 Å². The standard InChI is InChI=1S/C13H17NO3/c15-12-6-7-14(9-11(12)13(16)17)8-10-4-2-1-3-5-10/h6-7,9-10H,1-5,8H2,(H,16,17). The maximum absolute atomic E-state index is 11.3. The Morgan fingerprint density at radius 1 is 1.35 bits per heavy atom. The van der Waals surface area contributed by atoms with Crippen molar-refractivity contribution in [1.29, 1.82) is 0 Å². The van der Waals surface area contributed by atoms with Gasteiger partial charge in [0.25, 0.3) is 0 Å². The van der Waals surface area contributed by atoms with E-state index in [2.05, 4.69) is 0 Å². The molecule has 0 aliphatic heterocycles. The van der Waals surface area contributed by atoms with Crippen LogP contribution in [0, 0.1) is 5.92 Å². The summed E-state index contributed by atoms with van der Waals surface area (Å²) in [5.74, 6) is -0.527. The molecule has 0 unspecified atom stereocenters. The Bertz CT molecular complexity index is 458. The molecule has 92 valence electrons. The van der Waals surface area contributed by atoms with E-state index >= 15 is 0 Å². The van der Waals surface area contributed by atoms with Crippen molar-refractivity contribution in [2.75, 3.05) is 0 Å². The first-order valence-corrected chi connectivity index (χ1v) is 6.10. The van der Waals surface area contributed by atoms with E-state index < -0.39 is 11.4 Å². The molecule has 0 saturated heterocycles. The van der Waals surface area contributed by atoms with E-state index in [0.717, 1.165) is 6.54 Å². The molecule has 0 aromatic carbocycles. The maximum Gasteiger partial charge on any atom is 0.341 e. The van der Waals surface area contributed by atoms with Crippen molar-refractivity contribution in [3.63, 3.8) is 0 Å². The largest absolute Gasteiger partial charge is 0.477 e. The molecule has 0 atom stereocenters. The molecular weight excluding hydrogens is 218 g/mol. The highest BCUT2D eigenvalue weighted by atomic mass is 16.4. The van der Waals surface area contributed by atoms with Crippen molar-refractivity contribution in [3.8, 4) is 0 Å². The van der Waals surface area contributed by atoms with E-state index in [4.69, 9.17) is 5.11 Å². The van der Waals surface area contributed by atoms with E-state index in [1.54, 1.807) is 6.20 Å². The van der Waals surface area contributed by atoms with E-state index in [1.807, 2.05) is 4.57 Å². The fourth-order valence-corrected chi connectivity index (χ4v) is 2.47. The van der Waals surface area contributed by atoms with Crippen LogP contribution in [-0.2, 0) is 6.54 Å². The van der Waals surface area contributed by atoms with Gasteiger partial charge in [0.05, 0.1) is 0 Å². The number of carboxylic acid groups (broad SMARTS) is 1. The van der Waals surface area contributed by atoms with Crippen LogP contribution in [0.4, 0.5) is 0 Å². The highest BCUT2D eigenvalue weighted by Crippen LogP contribution is 2.24. The van der Waals surface area contributed by atoms with Crippen LogP contribution in [0.1, 0.15) is 42.5 Å². The van der Waals surface area contributed by atoms with Crippen LogP contribution < -0.4 is 5.43 Å². The molecule has 2 rings (SSSR count). The summed E-state index contributed by atoms with van der Waals surface area (Å²) in [4.78, 5) is 22.2. The van der Waals surface area contributed by atoms with Crippen molar-refractivity contribution in [3.05, 3.63) is 34.2 Å². The lowest BCUT2D eigenvalue weighted by Crippen LogP contribution is -2.19. The van der Waals surface area contributed by atoms with Crippen LogP contribution in [-0.4, -0.2) is 15.6 Å². The number of aromatic carboxylic acids is 1. The zero-order chi connectivity index (χ0) is 12.3. The molecule has 1 N–H and O–H groups in total. The van der Waals surface area contributed by atoms with Gasteiger partial charge in [-0.15, -0.1) is 0 Å². The number of hydrogen-bond acceptors (Lipinski definition) is 2. The SMILES string of the molecule is O=C(O)c1cn(CC2CCCCC2)ccc1=O. The predicted molar refractivity (Wildman–Crippen MR) is 64.2 cm³/mol. The van der Waals surface area contributed by atoms with E-state index in [-0.39, 0.29) is 5.56 Å². The van der Waals surface area contributed by atoms with Crippen LogP contribution in [0.25, 0.3) is 0 Å². The minimum Gasteiger partial charge on any atom is -0.477 e. The number of rotatable bonds is 3. The van der Waals surface area contributed by atoms with Crippen LogP contribution in [0.5, 0.6) is 0 Å². The first-order valence-electron chi connectivity index (χ1n) is 6.10. The molecule has 1 aliphatic carbocycles. The maximum atomic E-state index is 11.3. The average Bonchev–Trinajstić information content (AvgIpc) is 2.32. The molecule has 1 saturated carbocycles. The Morgan fingerprint density at radius 2 is 2.06 bits per heavy atom. The molecule has 0 bridgehead atoms. The third kappa shape index (κ3) is 2.96. The van der Waals surface area contributed by atoms with Crippen molar-refractivity contribution < 1.29 is 9.90 Å². The van der Waals surface area contributed by atoms with Crippen LogP contribution in [0.2, 0.25) is 0 Å². The second kappa shape index (κ2) is 5.17. The van der Waals surface area contributed by atoms with E-state index in [9.17, 15) is 9.59 Å². The molecule has 1 heterocycles. The minimum absolute atomic E-state index is 0.136. The summed E-state index contributed by atoms with van der Waals surface area (Å²) >= 11 is 0. The van der Waals surface area contributed by atoms with Gasteiger partial charge in [0.1, 0.15) is 5.56 Å².